The number of aromatic nitrogens is 3. The van der Waals surface area contributed by atoms with Crippen LogP contribution in [0.3, 0.4) is 0 Å². The molecule has 0 radical (unpaired) electrons. The molecule has 2 aromatic heterocycles. The molecule has 25 heavy (non-hydrogen) atoms. The Hall–Kier alpha value is -1.90. The molecule has 2 aromatic rings. The maximum atomic E-state index is 12.1. The number of fused-ring (bicyclic) bond motifs is 1. The molecule has 0 saturated carbocycles. The second kappa shape index (κ2) is 7.15. The van der Waals surface area contributed by atoms with Crippen molar-refractivity contribution in [3.63, 3.8) is 0 Å². The summed E-state index contributed by atoms with van der Waals surface area (Å²) in [5.74, 6) is 0.639. The Bertz CT molecular complexity index is 738. The highest BCUT2D eigenvalue weighted by Crippen LogP contribution is 2.34. The quantitative estimate of drug-likeness (QED) is 0.862. The van der Waals surface area contributed by atoms with Crippen LogP contribution >= 0.6 is 11.3 Å². The van der Waals surface area contributed by atoms with E-state index in [1.807, 2.05) is 5.51 Å². The van der Waals surface area contributed by atoms with Crippen molar-refractivity contribution in [3.8, 4) is 0 Å². The monoisotopic (exact) mass is 359 g/mol. The van der Waals surface area contributed by atoms with Crippen LogP contribution in [0.5, 0.6) is 0 Å². The molecule has 1 N–H and O–H groups in total. The molecular weight excluding hydrogens is 338 g/mol. The van der Waals surface area contributed by atoms with Gasteiger partial charge in [0.05, 0.1) is 30.1 Å². The molecule has 2 aliphatic heterocycles. The van der Waals surface area contributed by atoms with E-state index in [9.17, 15) is 4.79 Å². The highest BCUT2D eigenvalue weighted by molar-refractivity contribution is 7.09. The van der Waals surface area contributed by atoms with E-state index in [4.69, 9.17) is 4.74 Å². The van der Waals surface area contributed by atoms with Crippen molar-refractivity contribution < 1.29 is 9.53 Å². The van der Waals surface area contributed by atoms with Gasteiger partial charge < -0.3 is 10.1 Å². The topological polar surface area (TPSA) is 80.2 Å². The summed E-state index contributed by atoms with van der Waals surface area (Å²) >= 11 is 1.71. The van der Waals surface area contributed by atoms with Gasteiger partial charge in [-0.2, -0.15) is 0 Å². The van der Waals surface area contributed by atoms with Crippen molar-refractivity contribution in [3.05, 3.63) is 40.4 Å². The molecule has 2 saturated heterocycles. The minimum absolute atomic E-state index is 0.174. The zero-order valence-electron chi connectivity index (χ0n) is 14.1. The second-order valence-corrected chi connectivity index (χ2v) is 7.59. The lowest BCUT2D eigenvalue weighted by Crippen LogP contribution is -2.34. The highest BCUT2D eigenvalue weighted by Gasteiger charge is 2.43. The maximum absolute atomic E-state index is 12.1. The molecule has 1 amide bonds. The van der Waals surface area contributed by atoms with Crippen LogP contribution < -0.4 is 5.32 Å². The third-order valence-corrected chi connectivity index (χ3v) is 5.97. The van der Waals surface area contributed by atoms with Crippen LogP contribution in [0.2, 0.25) is 0 Å². The molecule has 8 heteroatoms. The summed E-state index contributed by atoms with van der Waals surface area (Å²) in [5, 5.41) is 2.98. The van der Waals surface area contributed by atoms with Crippen LogP contribution in [0.4, 0.5) is 0 Å². The van der Waals surface area contributed by atoms with Crippen molar-refractivity contribution in [2.75, 3.05) is 26.2 Å². The summed E-state index contributed by atoms with van der Waals surface area (Å²) in [4.78, 5) is 28.2. The SMILES string of the molecule is Cc1ncsc1CN1C[C@H]2[C@H](CNC(=O)c3cnccn3)CO[C@H]2C1. The number of thiazole rings is 1. The number of amides is 1. The average molecular weight is 359 g/mol. The minimum Gasteiger partial charge on any atom is -0.376 e. The van der Waals surface area contributed by atoms with Gasteiger partial charge in [-0.15, -0.1) is 11.3 Å². The Morgan fingerprint density at radius 2 is 2.32 bits per heavy atom. The van der Waals surface area contributed by atoms with Crippen LogP contribution in [0.15, 0.2) is 24.1 Å². The van der Waals surface area contributed by atoms with Gasteiger partial charge in [0.15, 0.2) is 0 Å². The number of aryl methyl sites for hydroxylation is 1. The molecule has 0 aliphatic carbocycles. The van der Waals surface area contributed by atoms with Crippen LogP contribution in [0.25, 0.3) is 0 Å². The van der Waals surface area contributed by atoms with E-state index >= 15 is 0 Å². The predicted molar refractivity (Wildman–Crippen MR) is 93.2 cm³/mol. The Morgan fingerprint density at radius 1 is 1.40 bits per heavy atom. The van der Waals surface area contributed by atoms with Gasteiger partial charge in [0.2, 0.25) is 0 Å². The van der Waals surface area contributed by atoms with E-state index in [1.165, 1.54) is 17.3 Å². The highest BCUT2D eigenvalue weighted by atomic mass is 32.1. The Morgan fingerprint density at radius 3 is 3.08 bits per heavy atom. The average Bonchev–Trinajstić information content (AvgIpc) is 3.31. The van der Waals surface area contributed by atoms with Gasteiger partial charge in [-0.05, 0) is 6.92 Å². The first kappa shape index (κ1) is 16.6. The van der Waals surface area contributed by atoms with Gasteiger partial charge >= 0.3 is 0 Å². The zero-order chi connectivity index (χ0) is 17.2. The summed E-state index contributed by atoms with van der Waals surface area (Å²) in [6, 6.07) is 0. The third-order valence-electron chi connectivity index (χ3n) is 5.05. The van der Waals surface area contributed by atoms with Crippen LogP contribution in [-0.4, -0.2) is 58.1 Å². The Kier molecular flexibility index (Phi) is 4.74. The van der Waals surface area contributed by atoms with Crippen molar-refractivity contribution in [2.45, 2.75) is 19.6 Å². The molecule has 0 aromatic carbocycles. The second-order valence-electron chi connectivity index (χ2n) is 6.65. The van der Waals surface area contributed by atoms with E-state index < -0.39 is 0 Å². The van der Waals surface area contributed by atoms with E-state index in [2.05, 4.69) is 32.1 Å². The third kappa shape index (κ3) is 3.56. The molecule has 7 nitrogen and oxygen atoms in total. The van der Waals surface area contributed by atoms with Gasteiger partial charge in [0.25, 0.3) is 5.91 Å². The van der Waals surface area contributed by atoms with E-state index in [1.54, 1.807) is 17.5 Å². The zero-order valence-corrected chi connectivity index (χ0v) is 14.9. The molecule has 2 aliphatic rings. The molecule has 2 fully saturated rings. The van der Waals surface area contributed by atoms with E-state index in [-0.39, 0.29) is 12.0 Å². The normalized spacial score (nSPS) is 25.9. The number of carbonyl (C=O) groups excluding carboxylic acids is 1. The first-order chi connectivity index (χ1) is 12.2. The van der Waals surface area contributed by atoms with Crippen molar-refractivity contribution in [1.82, 2.24) is 25.2 Å². The molecule has 4 heterocycles. The molecule has 3 atom stereocenters. The number of rotatable bonds is 5. The number of nitrogens with zero attached hydrogens (tertiary/aromatic N) is 4. The minimum atomic E-state index is -0.174. The summed E-state index contributed by atoms with van der Waals surface area (Å²) in [7, 11) is 0. The lowest BCUT2D eigenvalue weighted by molar-refractivity contribution is 0.0901. The molecule has 0 spiro atoms. The molecule has 4 rings (SSSR count). The van der Waals surface area contributed by atoms with E-state index in [0.717, 1.165) is 25.3 Å². The van der Waals surface area contributed by atoms with Gasteiger partial charge in [-0.3, -0.25) is 14.7 Å². The van der Waals surface area contributed by atoms with Crippen molar-refractivity contribution in [2.24, 2.45) is 11.8 Å². The van der Waals surface area contributed by atoms with Crippen LogP contribution in [-0.2, 0) is 11.3 Å². The van der Waals surface area contributed by atoms with Gasteiger partial charge in [-0.25, -0.2) is 9.97 Å². The number of likely N-dealkylation sites (tertiary alicyclic amines) is 1. The molecule has 132 valence electrons. The van der Waals surface area contributed by atoms with Gasteiger partial charge in [-0.1, -0.05) is 0 Å². The maximum Gasteiger partial charge on any atom is 0.271 e. The first-order valence-electron chi connectivity index (χ1n) is 8.48. The standard InChI is InChI=1S/C17H21N5O2S/c1-11-16(25-10-21-11)8-22-6-13-12(9-24-15(13)7-22)4-20-17(23)14-5-18-2-3-19-14/h2-3,5,10,12-13,15H,4,6-9H2,1H3,(H,20,23)/t12-,13+,15+/m1/s1. The van der Waals surface area contributed by atoms with Crippen LogP contribution in [0, 0.1) is 18.8 Å². The smallest absolute Gasteiger partial charge is 0.271 e. The van der Waals surface area contributed by atoms with E-state index in [0.29, 0.717) is 30.7 Å². The van der Waals surface area contributed by atoms with Crippen LogP contribution in [0.1, 0.15) is 21.1 Å². The Balaban J connectivity index is 1.31. The lowest BCUT2D eigenvalue weighted by Gasteiger charge is -2.19. The number of nitrogens with one attached hydrogen (secondary N) is 1. The summed E-state index contributed by atoms with van der Waals surface area (Å²) in [6.45, 7) is 6.29. The summed E-state index contributed by atoms with van der Waals surface area (Å²) in [6.07, 6.45) is 4.84. The van der Waals surface area contributed by atoms with Crippen molar-refractivity contribution in [1.29, 1.82) is 0 Å². The number of ether oxygens (including phenoxy) is 1. The summed E-state index contributed by atoms with van der Waals surface area (Å²) < 4.78 is 5.97. The summed E-state index contributed by atoms with van der Waals surface area (Å²) in [5.41, 5.74) is 3.38. The molecule has 0 bridgehead atoms. The predicted octanol–water partition coefficient (Wildman–Crippen LogP) is 1.12. The first-order valence-corrected chi connectivity index (χ1v) is 9.36. The molecular formula is C17H21N5O2S. The largest absolute Gasteiger partial charge is 0.376 e. The van der Waals surface area contributed by atoms with Gasteiger partial charge in [0, 0.05) is 55.3 Å². The number of carbonyl (C=O) groups is 1. The fourth-order valence-corrected chi connectivity index (χ4v) is 4.45. The van der Waals surface area contributed by atoms with Gasteiger partial charge in [0.1, 0.15) is 5.69 Å². The fourth-order valence-electron chi connectivity index (χ4n) is 3.63. The lowest BCUT2D eigenvalue weighted by atomic mass is 9.93. The Labute approximate surface area is 150 Å². The molecule has 0 unspecified atom stereocenters. The fraction of sp³-hybridized carbons (Fsp3) is 0.529. The number of hydrogen-bond donors (Lipinski definition) is 1. The van der Waals surface area contributed by atoms with Crippen molar-refractivity contribution >= 4 is 17.2 Å². The number of hydrogen-bond acceptors (Lipinski definition) is 7.